The van der Waals surface area contributed by atoms with Gasteiger partial charge in [0, 0.05) is 6.54 Å². The highest BCUT2D eigenvalue weighted by atomic mass is 16.5. The van der Waals surface area contributed by atoms with E-state index in [0.717, 1.165) is 31.6 Å². The van der Waals surface area contributed by atoms with Gasteiger partial charge in [-0.3, -0.25) is 14.4 Å². The Labute approximate surface area is 206 Å². The minimum absolute atomic E-state index is 0.135. The number of carbonyl (C=O) groups excluding carboxylic acids is 1. The number of hydrogen-bond donors (Lipinski definition) is 4. The molecule has 0 saturated carbocycles. The predicted octanol–water partition coefficient (Wildman–Crippen LogP) is 2.63. The van der Waals surface area contributed by atoms with Gasteiger partial charge >= 0.3 is 23.9 Å². The Morgan fingerprint density at radius 1 is 0.914 bits per heavy atom. The minimum atomic E-state index is -2.74. The zero-order valence-corrected chi connectivity index (χ0v) is 21.2. The number of hydrogen-bond acceptors (Lipinski definition) is 7. The van der Waals surface area contributed by atoms with Crippen LogP contribution < -0.4 is 0 Å². The van der Waals surface area contributed by atoms with Crippen LogP contribution in [-0.2, 0) is 30.3 Å². The van der Waals surface area contributed by atoms with Crippen LogP contribution in [0.25, 0.3) is 0 Å². The van der Waals surface area contributed by atoms with Gasteiger partial charge in [-0.25, -0.2) is 4.79 Å². The number of nitrogens with zero attached hydrogens (tertiary/aromatic N) is 1. The number of esters is 1. The van der Waals surface area contributed by atoms with Gasteiger partial charge < -0.3 is 30.1 Å². The summed E-state index contributed by atoms with van der Waals surface area (Å²) >= 11 is 0. The molecule has 0 spiro atoms. The molecular formula is C25H39NO9. The van der Waals surface area contributed by atoms with Crippen molar-refractivity contribution in [1.82, 2.24) is 4.90 Å². The standard InChI is InChI=1S/C19H31NO2.C6H8O7/c1-6-20(7-2)12-13-22-19(21)16(5)18-10-8-17(9-11-18)14-15(3)4;7-3(8)1-6(13,5(11)12)2-4(9)10/h8-11,15-16H,6-7,12-14H2,1-5H3;13H,1-2H2,(H,7,8)(H,9,10)(H,11,12). The molecule has 0 bridgehead atoms. The second-order valence-corrected chi connectivity index (χ2v) is 8.73. The van der Waals surface area contributed by atoms with E-state index in [1.54, 1.807) is 0 Å². The Morgan fingerprint density at radius 2 is 1.40 bits per heavy atom. The summed E-state index contributed by atoms with van der Waals surface area (Å²) in [6.45, 7) is 13.8. The fraction of sp³-hybridized carbons (Fsp3) is 0.600. The van der Waals surface area contributed by atoms with E-state index in [0.29, 0.717) is 12.5 Å². The fourth-order valence-electron chi connectivity index (χ4n) is 3.20. The van der Waals surface area contributed by atoms with Crippen molar-refractivity contribution in [2.45, 2.75) is 65.4 Å². The number of likely N-dealkylation sites (N-methyl/N-ethyl adjacent to an activating group) is 1. The SMILES string of the molecule is CCN(CC)CCOC(=O)C(C)c1ccc(CC(C)C)cc1.O=C(O)CC(O)(CC(=O)O)C(=O)O. The van der Waals surface area contributed by atoms with Crippen molar-refractivity contribution in [3.05, 3.63) is 35.4 Å². The molecule has 1 aromatic rings. The zero-order valence-electron chi connectivity index (χ0n) is 21.2. The molecule has 10 heteroatoms. The highest BCUT2D eigenvalue weighted by molar-refractivity contribution is 5.88. The number of ether oxygens (including phenoxy) is 1. The Hall–Kier alpha value is -2.98. The Kier molecular flexibility index (Phi) is 14.5. The van der Waals surface area contributed by atoms with Crippen LogP contribution in [0.2, 0.25) is 0 Å². The van der Waals surface area contributed by atoms with Crippen molar-refractivity contribution < 1.29 is 44.3 Å². The lowest BCUT2D eigenvalue weighted by Gasteiger charge is -2.18. The zero-order chi connectivity index (χ0) is 27.2. The molecule has 0 aliphatic rings. The van der Waals surface area contributed by atoms with E-state index < -0.39 is 36.4 Å². The van der Waals surface area contributed by atoms with E-state index >= 15 is 0 Å². The number of carbonyl (C=O) groups is 4. The van der Waals surface area contributed by atoms with Gasteiger partial charge in [-0.2, -0.15) is 0 Å². The van der Waals surface area contributed by atoms with Crippen LogP contribution in [0, 0.1) is 5.92 Å². The topological polar surface area (TPSA) is 162 Å². The van der Waals surface area contributed by atoms with Crippen molar-refractivity contribution >= 4 is 23.9 Å². The highest BCUT2D eigenvalue weighted by Gasteiger charge is 2.40. The van der Waals surface area contributed by atoms with E-state index in [4.69, 9.17) is 25.2 Å². The van der Waals surface area contributed by atoms with E-state index in [-0.39, 0.29) is 11.9 Å². The predicted molar refractivity (Wildman–Crippen MR) is 129 cm³/mol. The lowest BCUT2D eigenvalue weighted by molar-refractivity contribution is -0.170. The van der Waals surface area contributed by atoms with Crippen molar-refractivity contribution in [2.24, 2.45) is 5.92 Å². The fourth-order valence-corrected chi connectivity index (χ4v) is 3.20. The van der Waals surface area contributed by atoms with Crippen LogP contribution in [0.4, 0.5) is 0 Å². The molecule has 0 radical (unpaired) electrons. The second kappa shape index (κ2) is 15.8. The molecule has 1 aromatic carbocycles. The summed E-state index contributed by atoms with van der Waals surface area (Å²) < 4.78 is 5.41. The van der Waals surface area contributed by atoms with Gasteiger partial charge in [-0.05, 0) is 43.5 Å². The first-order chi connectivity index (χ1) is 16.2. The van der Waals surface area contributed by atoms with Gasteiger partial charge in [-0.1, -0.05) is 52.0 Å². The van der Waals surface area contributed by atoms with Crippen LogP contribution in [0.3, 0.4) is 0 Å². The lowest BCUT2D eigenvalue weighted by atomic mass is 9.96. The van der Waals surface area contributed by atoms with Crippen molar-refractivity contribution in [2.75, 3.05) is 26.2 Å². The molecule has 4 N–H and O–H groups in total. The molecule has 198 valence electrons. The van der Waals surface area contributed by atoms with Gasteiger partial charge in [0.05, 0.1) is 18.8 Å². The first-order valence-corrected chi connectivity index (χ1v) is 11.6. The van der Waals surface area contributed by atoms with Gasteiger partial charge in [0.1, 0.15) is 6.61 Å². The summed E-state index contributed by atoms with van der Waals surface area (Å²) in [5, 5.41) is 33.8. The van der Waals surface area contributed by atoms with Crippen LogP contribution in [0.1, 0.15) is 64.5 Å². The molecule has 1 atom stereocenters. The third-order valence-corrected chi connectivity index (χ3v) is 5.31. The van der Waals surface area contributed by atoms with E-state index in [9.17, 15) is 19.2 Å². The third-order valence-electron chi connectivity index (χ3n) is 5.31. The molecule has 0 aromatic heterocycles. The van der Waals surface area contributed by atoms with E-state index in [2.05, 4.69) is 44.7 Å². The van der Waals surface area contributed by atoms with E-state index in [1.807, 2.05) is 19.1 Å². The Morgan fingerprint density at radius 3 is 1.77 bits per heavy atom. The maximum Gasteiger partial charge on any atom is 0.336 e. The first-order valence-electron chi connectivity index (χ1n) is 11.6. The molecule has 0 heterocycles. The van der Waals surface area contributed by atoms with Crippen molar-refractivity contribution in [1.29, 1.82) is 0 Å². The largest absolute Gasteiger partial charge is 0.481 e. The quantitative estimate of drug-likeness (QED) is 0.281. The first kappa shape index (κ1) is 32.0. The number of benzene rings is 1. The summed E-state index contributed by atoms with van der Waals surface area (Å²) in [5.41, 5.74) is -0.390. The molecule has 0 saturated heterocycles. The highest BCUT2D eigenvalue weighted by Crippen LogP contribution is 2.19. The second-order valence-electron chi connectivity index (χ2n) is 8.73. The van der Waals surface area contributed by atoms with Crippen molar-refractivity contribution in [3.8, 4) is 0 Å². The number of carboxylic acid groups (broad SMARTS) is 3. The maximum atomic E-state index is 12.1. The molecule has 0 aliphatic carbocycles. The van der Waals surface area contributed by atoms with Crippen molar-refractivity contribution in [3.63, 3.8) is 0 Å². The molecule has 0 aliphatic heterocycles. The molecule has 1 rings (SSSR count). The molecule has 0 fully saturated rings. The average Bonchev–Trinajstić information content (AvgIpc) is 2.75. The monoisotopic (exact) mass is 497 g/mol. The van der Waals surface area contributed by atoms with Crippen LogP contribution in [0.5, 0.6) is 0 Å². The number of aliphatic hydroxyl groups is 1. The van der Waals surface area contributed by atoms with Crippen LogP contribution in [-0.4, -0.2) is 81.0 Å². The third kappa shape index (κ3) is 12.9. The molecule has 0 amide bonds. The maximum absolute atomic E-state index is 12.1. The Bertz CT molecular complexity index is 801. The summed E-state index contributed by atoms with van der Waals surface area (Å²) in [6.07, 6.45) is -1.22. The van der Waals surface area contributed by atoms with Crippen LogP contribution >= 0.6 is 0 Å². The van der Waals surface area contributed by atoms with Gasteiger partial charge in [0.15, 0.2) is 5.60 Å². The minimum Gasteiger partial charge on any atom is -0.481 e. The van der Waals surface area contributed by atoms with Gasteiger partial charge in [0.25, 0.3) is 0 Å². The number of rotatable bonds is 14. The molecule has 10 nitrogen and oxygen atoms in total. The Balaban J connectivity index is 0.000000761. The molecule has 35 heavy (non-hydrogen) atoms. The number of aliphatic carboxylic acids is 3. The van der Waals surface area contributed by atoms with Gasteiger partial charge in [0.2, 0.25) is 0 Å². The van der Waals surface area contributed by atoms with E-state index in [1.165, 1.54) is 5.56 Å². The molecule has 1 unspecified atom stereocenters. The summed E-state index contributed by atoms with van der Waals surface area (Å²) in [6, 6.07) is 8.34. The smallest absolute Gasteiger partial charge is 0.336 e. The number of carboxylic acids is 3. The van der Waals surface area contributed by atoms with Gasteiger partial charge in [-0.15, -0.1) is 0 Å². The summed E-state index contributed by atoms with van der Waals surface area (Å²) in [5.74, 6) is -4.71. The average molecular weight is 498 g/mol. The summed E-state index contributed by atoms with van der Waals surface area (Å²) in [4.78, 5) is 44.9. The molecular weight excluding hydrogens is 458 g/mol. The van der Waals surface area contributed by atoms with Crippen LogP contribution in [0.15, 0.2) is 24.3 Å². The summed E-state index contributed by atoms with van der Waals surface area (Å²) in [7, 11) is 0. The normalized spacial score (nSPS) is 12.0. The lowest BCUT2D eigenvalue weighted by Crippen LogP contribution is -2.42.